The first-order valence-electron chi connectivity index (χ1n) is 36.2. The zero-order valence-electron chi connectivity index (χ0n) is 72.1. The van der Waals surface area contributed by atoms with Crippen LogP contribution in [-0.2, 0) is 14.1 Å². The molecule has 0 spiro atoms. The average molecular weight is 1550 g/mol. The van der Waals surface area contributed by atoms with Crippen LogP contribution < -0.4 is 0 Å². The van der Waals surface area contributed by atoms with E-state index in [0.717, 1.165) is 45.6 Å². The molecule has 0 aliphatic carbocycles. The van der Waals surface area contributed by atoms with Crippen molar-refractivity contribution in [3.63, 3.8) is 0 Å². The summed E-state index contributed by atoms with van der Waals surface area (Å²) >= 11 is 7.80. The number of thiazole rings is 2. The number of nitrogens with zero attached hydrogens (tertiary/aromatic N) is 15. The van der Waals surface area contributed by atoms with Gasteiger partial charge in [0.05, 0.1) is 53.8 Å². The Morgan fingerprint density at radius 3 is 1.13 bits per heavy atom. The summed E-state index contributed by atoms with van der Waals surface area (Å²) < 4.78 is 28.8. The Bertz CT molecular complexity index is 2240. The van der Waals surface area contributed by atoms with Crippen molar-refractivity contribution in [1.29, 1.82) is 0 Å². The number of hydrogen-bond donors (Lipinski definition) is 3. The van der Waals surface area contributed by atoms with Gasteiger partial charge in [0.25, 0.3) is 0 Å². The second kappa shape index (κ2) is 122. The highest BCUT2D eigenvalue weighted by Gasteiger charge is 1.82. The number of nitrogens with one attached hydrogen (secondary N) is 3. The Balaban J connectivity index is -0.0000000764. The van der Waals surface area contributed by atoms with Crippen molar-refractivity contribution in [3.05, 3.63) is 230 Å². The number of aromatic amines is 3. The summed E-state index contributed by atoms with van der Waals surface area (Å²) in [7, 11) is 3.83. The molecule has 0 unspecified atom stereocenters. The number of hydrogen-bond acceptors (Lipinski definition) is 21. The Hall–Kier alpha value is -8.17. The maximum Gasteiger partial charge on any atom is 0.133 e. The third-order valence-corrected chi connectivity index (χ3v) is 11.1. The largest absolute Gasteiger partial charge is 0.365 e. The van der Waals surface area contributed by atoms with Gasteiger partial charge in [-0.05, 0) is 135 Å². The van der Waals surface area contributed by atoms with Crippen LogP contribution in [0.25, 0.3) is 0 Å². The fourth-order valence-electron chi connectivity index (χ4n) is 3.84. The van der Waals surface area contributed by atoms with Gasteiger partial charge in [-0.25, -0.2) is 28.7 Å². The molecule has 0 bridgehead atoms. The van der Waals surface area contributed by atoms with E-state index >= 15 is 0 Å². The van der Waals surface area contributed by atoms with Crippen LogP contribution in [0, 0.1) is 76.2 Å². The minimum atomic E-state index is 0.856. The molecule has 26 heteroatoms. The number of aromatic nitrogens is 18. The van der Waals surface area contributed by atoms with Crippen LogP contribution in [0.3, 0.4) is 0 Å². The van der Waals surface area contributed by atoms with Crippen LogP contribution in [-0.4, -0.2) is 87.8 Å². The molecule has 0 amide bonds. The van der Waals surface area contributed by atoms with Crippen LogP contribution >= 0.6 is 57.3 Å². The molecule has 0 atom stereocenters. The Kier molecular flexibility index (Phi) is 147. The van der Waals surface area contributed by atoms with Crippen molar-refractivity contribution in [2.24, 2.45) is 14.1 Å². The minimum Gasteiger partial charge on any atom is -0.365 e. The zero-order chi connectivity index (χ0) is 83.3. The molecule has 0 saturated carbocycles. The summed E-state index contributed by atoms with van der Waals surface area (Å²) in [6, 6.07) is 9.48. The second-order valence-corrected chi connectivity index (χ2v) is 19.4. The lowest BCUT2D eigenvalue weighted by atomic mass is 10.4. The average Bonchev–Trinajstić information content (AvgIpc) is 4.52. The Labute approximate surface area is 655 Å². The van der Waals surface area contributed by atoms with E-state index in [1.807, 2.05) is 345 Å². The lowest BCUT2D eigenvalue weighted by molar-refractivity contribution is 0.397. The van der Waals surface area contributed by atoms with Crippen molar-refractivity contribution >= 4 is 57.3 Å². The smallest absolute Gasteiger partial charge is 0.133 e. The van der Waals surface area contributed by atoms with Crippen LogP contribution in [0.4, 0.5) is 0 Å². The summed E-state index contributed by atoms with van der Waals surface area (Å²) in [5.41, 5.74) is 11.3. The first-order chi connectivity index (χ1) is 50.6. The van der Waals surface area contributed by atoms with Crippen LogP contribution in [0.15, 0.2) is 183 Å². The molecule has 13 rings (SSSR count). The molecule has 13 aromatic rings. The van der Waals surface area contributed by atoms with Crippen molar-refractivity contribution in [3.8, 4) is 0 Å². The molecular weight excluding hydrogens is 1400 g/mol. The van der Waals surface area contributed by atoms with E-state index in [2.05, 4.69) is 92.1 Å². The third kappa shape index (κ3) is 118. The number of rotatable bonds is 0. The summed E-state index contributed by atoms with van der Waals surface area (Å²) in [4.78, 5) is 34.2. The van der Waals surface area contributed by atoms with Crippen molar-refractivity contribution < 1.29 is 13.6 Å². The molecule has 0 saturated heterocycles. The summed E-state index contributed by atoms with van der Waals surface area (Å²) in [6.45, 7) is 73.6. The molecule has 0 aliphatic rings. The molecule has 0 fully saturated rings. The molecule has 0 aliphatic heterocycles. The lowest BCUT2D eigenvalue weighted by Crippen LogP contribution is -1.83. The van der Waals surface area contributed by atoms with Crippen LogP contribution in [0.2, 0.25) is 0 Å². The number of imidazole rings is 4. The Morgan fingerprint density at radius 1 is 0.442 bits per heavy atom. The highest BCUT2D eigenvalue weighted by atomic mass is 32.1. The maximum atomic E-state index is 4.58. The maximum absolute atomic E-state index is 4.58. The van der Waals surface area contributed by atoms with Gasteiger partial charge in [0.1, 0.15) is 24.1 Å². The molecule has 598 valence electrons. The van der Waals surface area contributed by atoms with Crippen molar-refractivity contribution in [2.45, 2.75) is 256 Å². The summed E-state index contributed by atoms with van der Waals surface area (Å²) in [6.07, 6.45) is 31.4. The molecule has 13 aromatic heterocycles. The van der Waals surface area contributed by atoms with Crippen LogP contribution in [0.1, 0.15) is 241 Å². The first kappa shape index (κ1) is 126. The fourth-order valence-corrected chi connectivity index (χ4v) is 6.26. The fraction of sp³-hybridized carbons (Fsp3) is 0.500. The minimum absolute atomic E-state index is 0.856. The van der Waals surface area contributed by atoms with Gasteiger partial charge in [0.2, 0.25) is 0 Å². The zero-order valence-corrected chi connectivity index (χ0v) is 76.2. The van der Waals surface area contributed by atoms with E-state index in [4.69, 9.17) is 0 Å². The SMILES string of the molecule is CC.CC.CC.CC.CC.CC.CC.CC.CC.CC.CC.CC.CC.Cc1ccno1.Cc1ccns1.Cc1ccon1.Cc1ccsn1.Cc1cnc[nH]1.Cc1cnc[nH]1.Cc1cncs1.Cc1cnoc1.Cc1cnsc1.Cc1cscn1.Cc1ncc[nH]1.Cn1cccn1.Cn1ccnc1. The van der Waals surface area contributed by atoms with E-state index in [-0.39, 0.29) is 0 Å². The Morgan fingerprint density at radius 2 is 1.02 bits per heavy atom. The standard InChI is InChI=1S/5C4H6N2.3C4H5NO.5C4H5NS.13C2H6/c2*1-4-2-5-3-6-4;1-6-3-2-5-4-6;1-6-4-2-3-5-6;1-4-5-2-3-6-4;1-4-2-5-6-3-4;1-4-2-3-6-5-4;1-4-2-3-5-6-4;1-4-2-6-3-5-4;1-4-2-5-3-6-4;1-4-2-5-6-3-4;1-4-2-3-6-5-4;1-4-2-3-5-6-4;13*1-2/h2*2-3H,1H3,(H,5,6);2*2-4H,1H3;2-3H,1H3,(H,5,6);8*2-3H,1H3;13*1-2H3. The molecule has 21 nitrogen and oxygen atoms in total. The van der Waals surface area contributed by atoms with E-state index in [9.17, 15) is 0 Å². The van der Waals surface area contributed by atoms with Gasteiger partial charge in [0, 0.05) is 143 Å². The highest BCUT2D eigenvalue weighted by Crippen LogP contribution is 2.01. The lowest BCUT2D eigenvalue weighted by Gasteiger charge is -1.77. The normalized spacial score (nSPS) is 7.38. The van der Waals surface area contributed by atoms with Gasteiger partial charge in [-0.2, -0.15) is 9.47 Å². The predicted octanol–water partition coefficient (Wildman–Crippen LogP) is 26.5. The van der Waals surface area contributed by atoms with Crippen LogP contribution in [0.5, 0.6) is 0 Å². The first-order valence-corrected chi connectivity index (χ1v) is 40.5. The highest BCUT2D eigenvalue weighted by molar-refractivity contribution is 7.09. The molecular formula is C78H148N18O3S5. The third-order valence-electron chi connectivity index (χ3n) is 7.67. The van der Waals surface area contributed by atoms with E-state index in [1.54, 1.807) is 127 Å². The monoisotopic (exact) mass is 1550 g/mol. The van der Waals surface area contributed by atoms with Gasteiger partial charge < -0.3 is 33.1 Å². The van der Waals surface area contributed by atoms with E-state index in [0.29, 0.717) is 0 Å². The molecule has 0 aromatic carbocycles. The molecule has 13 heterocycles. The van der Waals surface area contributed by atoms with Gasteiger partial charge in [-0.15, -0.1) is 22.7 Å². The van der Waals surface area contributed by atoms with Gasteiger partial charge in [0.15, 0.2) is 0 Å². The summed E-state index contributed by atoms with van der Waals surface area (Å²) in [5, 5.41) is 20.3. The van der Waals surface area contributed by atoms with E-state index in [1.165, 1.54) is 49.9 Å². The topological polar surface area (TPSA) is 264 Å². The second-order valence-electron chi connectivity index (χ2n) is 15.2. The van der Waals surface area contributed by atoms with E-state index < -0.39 is 0 Å². The molecule has 0 radical (unpaired) electrons. The van der Waals surface area contributed by atoms with Gasteiger partial charge >= 0.3 is 0 Å². The number of aryl methyl sites for hydroxylation is 13. The summed E-state index contributed by atoms with van der Waals surface area (Å²) in [5.74, 6) is 1.82. The quantitative estimate of drug-likeness (QED) is 0.127. The van der Waals surface area contributed by atoms with Crippen molar-refractivity contribution in [2.75, 3.05) is 0 Å². The molecule has 3 N–H and O–H groups in total. The predicted molar refractivity (Wildman–Crippen MR) is 462 cm³/mol. The van der Waals surface area contributed by atoms with Crippen molar-refractivity contribution in [1.82, 2.24) is 87.8 Å². The van der Waals surface area contributed by atoms with Gasteiger partial charge in [-0.1, -0.05) is 195 Å². The molecule has 104 heavy (non-hydrogen) atoms. The number of H-pyrrole nitrogens is 3. The van der Waals surface area contributed by atoms with Gasteiger partial charge in [-0.3, -0.25) is 14.6 Å².